The van der Waals surface area contributed by atoms with Gasteiger partial charge in [-0.25, -0.2) is 0 Å². The van der Waals surface area contributed by atoms with E-state index >= 15 is 0 Å². The third-order valence-corrected chi connectivity index (χ3v) is 3.29. The molecule has 0 unspecified atom stereocenters. The van der Waals surface area contributed by atoms with Crippen LogP contribution >= 0.6 is 0 Å². The second-order valence-electron chi connectivity index (χ2n) is 2.91. The second kappa shape index (κ2) is 4.38. The van der Waals surface area contributed by atoms with Gasteiger partial charge in [-0.3, -0.25) is 0 Å². The zero-order valence-electron chi connectivity index (χ0n) is 7.46. The molecule has 1 fully saturated rings. The van der Waals surface area contributed by atoms with E-state index in [1.54, 1.807) is 0 Å². The molecule has 0 atom stereocenters. The van der Waals surface area contributed by atoms with Crippen LogP contribution in [-0.4, -0.2) is 38.6 Å². The van der Waals surface area contributed by atoms with Gasteiger partial charge in [-0.05, 0) is 0 Å². The maximum atomic E-state index is 11.0. The van der Waals surface area contributed by atoms with Crippen molar-refractivity contribution < 1.29 is 14.3 Å². The van der Waals surface area contributed by atoms with Gasteiger partial charge in [0.05, 0.1) is 0 Å². The van der Waals surface area contributed by atoms with Gasteiger partial charge in [-0.15, -0.1) is 0 Å². The van der Waals surface area contributed by atoms with Crippen LogP contribution in [0.15, 0.2) is 0 Å². The Morgan fingerprint density at radius 3 is 2.58 bits per heavy atom. The van der Waals surface area contributed by atoms with Crippen molar-refractivity contribution in [2.24, 2.45) is 0 Å². The molecule has 0 aliphatic carbocycles. The average molecular weight is 237 g/mol. The summed E-state index contributed by atoms with van der Waals surface area (Å²) in [5.74, 6) is 1.45. The fourth-order valence-electron chi connectivity index (χ4n) is 1.13. The van der Waals surface area contributed by atoms with Crippen molar-refractivity contribution in [3.63, 3.8) is 0 Å². The molecule has 1 aliphatic heterocycles. The van der Waals surface area contributed by atoms with Gasteiger partial charge >= 0.3 is 78.5 Å². The maximum absolute atomic E-state index is 11.0. The van der Waals surface area contributed by atoms with Crippen molar-refractivity contribution in [1.82, 2.24) is 0 Å². The summed E-state index contributed by atoms with van der Waals surface area (Å²) in [6, 6.07) is 0. The number of hydrogen-bond acceptors (Lipinski definition) is 3. The molecule has 12 heavy (non-hydrogen) atoms. The first-order valence-electron chi connectivity index (χ1n) is 4.01. The monoisotopic (exact) mass is 238 g/mol. The first-order chi connectivity index (χ1) is 5.66. The van der Waals surface area contributed by atoms with Gasteiger partial charge in [0.1, 0.15) is 0 Å². The Hall–Kier alpha value is 0.109. The van der Waals surface area contributed by atoms with Gasteiger partial charge in [0.25, 0.3) is 0 Å². The number of carbonyl (C=O) groups excluding carboxylic acids is 1. The summed E-state index contributed by atoms with van der Waals surface area (Å²) in [5.41, 5.74) is 0. The molecule has 0 saturated carbocycles. The number of ether oxygens (including phenoxy) is 2. The van der Waals surface area contributed by atoms with Crippen molar-refractivity contribution in [1.29, 1.82) is 0 Å². The van der Waals surface area contributed by atoms with E-state index < -0.39 is 5.79 Å². The number of rotatable bonds is 4. The quantitative estimate of drug-likeness (QED) is 0.679. The summed E-state index contributed by atoms with van der Waals surface area (Å²) in [6.07, 6.45) is 1.29. The Balaban J connectivity index is 2.25. The van der Waals surface area contributed by atoms with E-state index in [4.69, 9.17) is 9.47 Å². The zero-order valence-corrected chi connectivity index (χ0v) is 9.17. The Kier molecular flexibility index (Phi) is 3.72. The third kappa shape index (κ3) is 2.87. The summed E-state index contributed by atoms with van der Waals surface area (Å²) in [5, 5.41) is 0. The molecule has 0 aromatic carbocycles. The first kappa shape index (κ1) is 10.2. The molecule has 0 amide bonds. The van der Waals surface area contributed by atoms with Crippen LogP contribution in [0.1, 0.15) is 19.8 Å². The summed E-state index contributed by atoms with van der Waals surface area (Å²) in [4.78, 5) is 11.0. The summed E-state index contributed by atoms with van der Waals surface area (Å²) < 4.78 is 11.1. The van der Waals surface area contributed by atoms with Crippen molar-refractivity contribution in [3.8, 4) is 0 Å². The molecule has 1 saturated heterocycles. The normalized spacial score (nSPS) is 21.2. The molecular weight excluding hydrogens is 223 g/mol. The van der Waals surface area contributed by atoms with E-state index in [2.05, 4.69) is 0 Å². The molecule has 0 spiro atoms. The fourth-order valence-corrected chi connectivity index (χ4v) is 1.77. The van der Waals surface area contributed by atoms with Gasteiger partial charge in [-0.1, -0.05) is 0 Å². The van der Waals surface area contributed by atoms with Gasteiger partial charge in [-0.2, -0.15) is 0 Å². The van der Waals surface area contributed by atoms with Crippen LogP contribution in [0.2, 0.25) is 5.82 Å². The molecule has 1 heterocycles. The molecule has 0 aromatic heterocycles. The summed E-state index contributed by atoms with van der Waals surface area (Å²) in [6.45, 7) is 3.21. The standard InChI is InChI=1S/C8H14O3Se/c1-8(10-5-6-11-8)4-3-7(9)12-2/h3-6H2,1-2H3. The Labute approximate surface area is 79.0 Å². The molecule has 4 heteroatoms. The van der Waals surface area contributed by atoms with E-state index in [1.807, 2.05) is 12.7 Å². The van der Waals surface area contributed by atoms with E-state index in [0.717, 1.165) is 0 Å². The second-order valence-corrected chi connectivity index (χ2v) is 4.72. The molecule has 1 aliphatic rings. The van der Waals surface area contributed by atoms with Crippen LogP contribution in [0.4, 0.5) is 0 Å². The molecule has 0 N–H and O–H groups in total. The minimum absolute atomic E-state index is 0.120. The molecule has 70 valence electrons. The fraction of sp³-hybridized carbons (Fsp3) is 0.875. The van der Waals surface area contributed by atoms with Gasteiger partial charge in [0, 0.05) is 0 Å². The third-order valence-electron chi connectivity index (χ3n) is 1.91. The van der Waals surface area contributed by atoms with Crippen molar-refractivity contribution in [3.05, 3.63) is 0 Å². The predicted octanol–water partition coefficient (Wildman–Crippen LogP) is 0.808. The van der Waals surface area contributed by atoms with Crippen molar-refractivity contribution in [2.45, 2.75) is 31.4 Å². The molecule has 3 nitrogen and oxygen atoms in total. The van der Waals surface area contributed by atoms with E-state index in [9.17, 15) is 4.79 Å². The predicted molar refractivity (Wildman–Crippen MR) is 46.2 cm³/mol. The topological polar surface area (TPSA) is 35.5 Å². The van der Waals surface area contributed by atoms with Gasteiger partial charge < -0.3 is 0 Å². The Bertz CT molecular complexity index is 164. The van der Waals surface area contributed by atoms with Crippen LogP contribution < -0.4 is 0 Å². The molecular formula is C8H14O3Se. The molecule has 0 radical (unpaired) electrons. The molecule has 0 aromatic rings. The molecule has 1 rings (SSSR count). The van der Waals surface area contributed by atoms with Crippen LogP contribution in [0.25, 0.3) is 0 Å². The number of hydrogen-bond donors (Lipinski definition) is 0. The summed E-state index contributed by atoms with van der Waals surface area (Å²) in [7, 11) is 0. The molecule has 0 bridgehead atoms. The van der Waals surface area contributed by atoms with Crippen LogP contribution in [0.5, 0.6) is 0 Å². The van der Waals surface area contributed by atoms with Gasteiger partial charge in [0.2, 0.25) is 0 Å². The van der Waals surface area contributed by atoms with Crippen molar-refractivity contribution in [2.75, 3.05) is 13.2 Å². The van der Waals surface area contributed by atoms with E-state index in [-0.39, 0.29) is 15.0 Å². The number of carbonyl (C=O) groups is 1. The van der Waals surface area contributed by atoms with Crippen molar-refractivity contribution >= 4 is 19.6 Å². The minimum atomic E-state index is -0.485. The van der Waals surface area contributed by atoms with Crippen LogP contribution in [0.3, 0.4) is 0 Å². The van der Waals surface area contributed by atoms with E-state index in [1.165, 1.54) is 0 Å². The average Bonchev–Trinajstić information content (AvgIpc) is 2.49. The van der Waals surface area contributed by atoms with Gasteiger partial charge in [0.15, 0.2) is 0 Å². The SMILES string of the molecule is C[Se]C(=O)CCC1(C)OCCO1. The van der Waals surface area contributed by atoms with Crippen LogP contribution in [-0.2, 0) is 14.3 Å². The Morgan fingerprint density at radius 2 is 2.08 bits per heavy atom. The van der Waals surface area contributed by atoms with Crippen LogP contribution in [0, 0.1) is 0 Å². The summed E-state index contributed by atoms with van der Waals surface area (Å²) >= 11 is 0.120. The van der Waals surface area contributed by atoms with E-state index in [0.29, 0.717) is 30.7 Å². The Morgan fingerprint density at radius 1 is 1.50 bits per heavy atom. The zero-order chi connectivity index (χ0) is 9.03. The first-order valence-corrected chi connectivity index (χ1v) is 6.58.